The molecule has 2 nitrogen and oxygen atoms in total. The number of benzene rings is 1. The molecule has 0 bridgehead atoms. The number of aryl methyl sites for hydroxylation is 1. The molecular formula is C13H9F3O2. The Balaban J connectivity index is 2.43. The number of rotatable bonds is 1. The monoisotopic (exact) mass is 254 g/mol. The van der Waals surface area contributed by atoms with Crippen LogP contribution in [0.5, 0.6) is 0 Å². The van der Waals surface area contributed by atoms with E-state index in [1.165, 1.54) is 18.2 Å². The van der Waals surface area contributed by atoms with Gasteiger partial charge in [0.1, 0.15) is 5.76 Å². The average molecular weight is 254 g/mol. The van der Waals surface area contributed by atoms with E-state index in [1.54, 1.807) is 13.0 Å². The van der Waals surface area contributed by atoms with E-state index >= 15 is 0 Å². The maximum absolute atomic E-state index is 12.4. The topological polar surface area (TPSA) is 30.2 Å². The predicted octanol–water partition coefficient (Wildman–Crippen LogP) is 3.63. The second-order valence-electron chi connectivity index (χ2n) is 3.85. The molecule has 1 heterocycles. The fourth-order valence-electron chi connectivity index (χ4n) is 1.62. The lowest BCUT2D eigenvalue weighted by Gasteiger charge is -2.07. The fraction of sp³-hybridized carbons (Fsp3) is 0.154. The molecule has 0 atom stereocenters. The molecule has 1 aromatic carbocycles. The smallest absolute Gasteiger partial charge is 0.416 e. The van der Waals surface area contributed by atoms with Gasteiger partial charge in [-0.3, -0.25) is 0 Å². The summed E-state index contributed by atoms with van der Waals surface area (Å²) >= 11 is 0. The van der Waals surface area contributed by atoms with E-state index in [0.717, 1.165) is 12.1 Å². The van der Waals surface area contributed by atoms with Crippen LogP contribution in [0.4, 0.5) is 13.2 Å². The van der Waals surface area contributed by atoms with E-state index in [4.69, 9.17) is 4.42 Å². The van der Waals surface area contributed by atoms with Crippen LogP contribution in [-0.2, 0) is 6.18 Å². The number of halogens is 3. The lowest BCUT2D eigenvalue weighted by atomic mass is 10.0. The molecule has 0 saturated carbocycles. The van der Waals surface area contributed by atoms with Gasteiger partial charge in [0.15, 0.2) is 0 Å². The van der Waals surface area contributed by atoms with Crippen LogP contribution in [0.1, 0.15) is 11.3 Å². The molecule has 0 fully saturated rings. The first-order valence-corrected chi connectivity index (χ1v) is 5.16. The van der Waals surface area contributed by atoms with Crippen LogP contribution in [-0.4, -0.2) is 0 Å². The number of hydrogen-bond donors (Lipinski definition) is 0. The highest BCUT2D eigenvalue weighted by molar-refractivity contribution is 5.63. The molecular weight excluding hydrogens is 245 g/mol. The highest BCUT2D eigenvalue weighted by Crippen LogP contribution is 2.30. The zero-order valence-corrected chi connectivity index (χ0v) is 9.41. The highest BCUT2D eigenvalue weighted by atomic mass is 19.4. The Labute approximate surface area is 101 Å². The third-order valence-electron chi connectivity index (χ3n) is 2.44. The van der Waals surface area contributed by atoms with Crippen LogP contribution < -0.4 is 5.63 Å². The quantitative estimate of drug-likeness (QED) is 0.777. The zero-order valence-electron chi connectivity index (χ0n) is 9.41. The minimum absolute atomic E-state index is 0.414. The highest BCUT2D eigenvalue weighted by Gasteiger charge is 2.29. The third kappa shape index (κ3) is 2.61. The van der Waals surface area contributed by atoms with E-state index in [2.05, 4.69) is 0 Å². The minimum atomic E-state index is -4.36. The van der Waals surface area contributed by atoms with Crippen molar-refractivity contribution in [2.45, 2.75) is 13.1 Å². The molecule has 1 aromatic heterocycles. The Morgan fingerprint density at radius 2 is 1.61 bits per heavy atom. The van der Waals surface area contributed by atoms with E-state index in [-0.39, 0.29) is 0 Å². The van der Waals surface area contributed by atoms with Gasteiger partial charge < -0.3 is 4.42 Å². The van der Waals surface area contributed by atoms with E-state index < -0.39 is 17.4 Å². The van der Waals surface area contributed by atoms with Crippen molar-refractivity contribution >= 4 is 0 Å². The van der Waals surface area contributed by atoms with E-state index in [0.29, 0.717) is 16.9 Å². The van der Waals surface area contributed by atoms with Crippen molar-refractivity contribution in [2.75, 3.05) is 0 Å². The summed E-state index contributed by atoms with van der Waals surface area (Å²) < 4.78 is 41.9. The fourth-order valence-corrected chi connectivity index (χ4v) is 1.62. The summed E-state index contributed by atoms with van der Waals surface area (Å²) in [5, 5.41) is 0. The summed E-state index contributed by atoms with van der Waals surface area (Å²) in [4.78, 5) is 11.2. The molecule has 2 rings (SSSR count). The summed E-state index contributed by atoms with van der Waals surface area (Å²) in [5.41, 5.74) is -0.160. The molecule has 18 heavy (non-hydrogen) atoms. The number of hydrogen-bond acceptors (Lipinski definition) is 2. The van der Waals surface area contributed by atoms with Gasteiger partial charge in [0, 0.05) is 6.07 Å². The van der Waals surface area contributed by atoms with Crippen LogP contribution in [0, 0.1) is 6.92 Å². The summed E-state index contributed by atoms with van der Waals surface area (Å²) in [6.45, 7) is 1.61. The van der Waals surface area contributed by atoms with Crippen molar-refractivity contribution in [2.24, 2.45) is 0 Å². The van der Waals surface area contributed by atoms with Gasteiger partial charge in [-0.1, -0.05) is 12.1 Å². The van der Waals surface area contributed by atoms with Crippen molar-refractivity contribution in [1.82, 2.24) is 0 Å². The molecule has 0 aliphatic heterocycles. The average Bonchev–Trinajstić information content (AvgIpc) is 2.27. The van der Waals surface area contributed by atoms with Gasteiger partial charge in [0.05, 0.1) is 5.56 Å². The zero-order chi connectivity index (χ0) is 13.3. The maximum atomic E-state index is 12.4. The molecule has 0 aliphatic rings. The van der Waals surface area contributed by atoms with Crippen LogP contribution in [0.15, 0.2) is 45.6 Å². The predicted molar refractivity (Wildman–Crippen MR) is 60.2 cm³/mol. The number of alkyl halides is 3. The van der Waals surface area contributed by atoms with Gasteiger partial charge in [-0.25, -0.2) is 4.79 Å². The lowest BCUT2D eigenvalue weighted by molar-refractivity contribution is -0.137. The summed E-state index contributed by atoms with van der Waals surface area (Å²) in [6, 6.07) is 7.48. The first-order valence-electron chi connectivity index (χ1n) is 5.16. The molecule has 5 heteroatoms. The lowest BCUT2D eigenvalue weighted by Crippen LogP contribution is -2.04. The van der Waals surface area contributed by atoms with E-state index in [9.17, 15) is 18.0 Å². The van der Waals surface area contributed by atoms with Gasteiger partial charge in [-0.2, -0.15) is 13.2 Å². The largest absolute Gasteiger partial charge is 0.428 e. The SMILES string of the molecule is Cc1cc(-c2ccc(C(F)(F)F)cc2)cc(=O)o1. The molecule has 0 unspecified atom stereocenters. The Morgan fingerprint density at radius 3 is 2.11 bits per heavy atom. The van der Waals surface area contributed by atoms with Crippen molar-refractivity contribution in [3.05, 3.63) is 58.1 Å². The molecule has 0 saturated heterocycles. The molecule has 94 valence electrons. The summed E-state index contributed by atoms with van der Waals surface area (Å²) in [7, 11) is 0. The van der Waals surface area contributed by atoms with Crippen LogP contribution in [0.25, 0.3) is 11.1 Å². The van der Waals surface area contributed by atoms with Crippen molar-refractivity contribution in [1.29, 1.82) is 0 Å². The first-order chi connectivity index (χ1) is 8.36. The molecule has 0 amide bonds. The first kappa shape index (κ1) is 12.4. The normalized spacial score (nSPS) is 11.6. The Bertz CT molecular complexity index is 609. The van der Waals surface area contributed by atoms with Crippen LogP contribution >= 0.6 is 0 Å². The Kier molecular flexibility index (Phi) is 2.98. The van der Waals surface area contributed by atoms with Crippen molar-refractivity contribution < 1.29 is 17.6 Å². The van der Waals surface area contributed by atoms with Gasteiger partial charge in [0.2, 0.25) is 0 Å². The van der Waals surface area contributed by atoms with Crippen molar-refractivity contribution in [3.63, 3.8) is 0 Å². The maximum Gasteiger partial charge on any atom is 0.416 e. The van der Waals surface area contributed by atoms with Crippen molar-refractivity contribution in [3.8, 4) is 11.1 Å². The third-order valence-corrected chi connectivity index (χ3v) is 2.44. The Morgan fingerprint density at radius 1 is 1.00 bits per heavy atom. The summed E-state index contributed by atoms with van der Waals surface area (Å²) in [5.74, 6) is 0.414. The standard InChI is InChI=1S/C13H9F3O2/c1-8-6-10(7-12(17)18-8)9-2-4-11(5-3-9)13(14,15)16/h2-7H,1H3. The van der Waals surface area contributed by atoms with E-state index in [1.807, 2.05) is 0 Å². The van der Waals surface area contributed by atoms with Crippen LogP contribution in [0.2, 0.25) is 0 Å². The van der Waals surface area contributed by atoms with Gasteiger partial charge >= 0.3 is 11.8 Å². The van der Waals surface area contributed by atoms with Gasteiger partial charge in [0.25, 0.3) is 0 Å². The van der Waals surface area contributed by atoms with Gasteiger partial charge in [-0.15, -0.1) is 0 Å². The van der Waals surface area contributed by atoms with Crippen LogP contribution in [0.3, 0.4) is 0 Å². The molecule has 0 N–H and O–H groups in total. The summed E-state index contributed by atoms with van der Waals surface area (Å²) in [6.07, 6.45) is -4.36. The minimum Gasteiger partial charge on any atom is -0.428 e. The second kappa shape index (κ2) is 4.33. The molecule has 0 spiro atoms. The van der Waals surface area contributed by atoms with Gasteiger partial charge in [-0.05, 0) is 36.2 Å². The molecule has 0 aliphatic carbocycles. The second-order valence-corrected chi connectivity index (χ2v) is 3.85. The molecule has 0 radical (unpaired) electrons. The Hall–Kier alpha value is -2.04. The molecule has 2 aromatic rings.